The molecule has 2 unspecified atom stereocenters. The van der Waals surface area contributed by atoms with E-state index in [1.807, 2.05) is 42.5 Å². The molecule has 0 amide bonds. The van der Waals surface area contributed by atoms with Crippen LogP contribution < -0.4 is 14.0 Å². The maximum absolute atomic E-state index is 12.9. The Bertz CT molecular complexity index is 1450. The number of rotatable bonds is 23. The van der Waals surface area contributed by atoms with Gasteiger partial charge in [0.1, 0.15) is 18.5 Å². The van der Waals surface area contributed by atoms with Gasteiger partial charge < -0.3 is 23.6 Å². The molecule has 1 aliphatic rings. The highest BCUT2D eigenvalue weighted by atomic mass is 32.2. The summed E-state index contributed by atoms with van der Waals surface area (Å²) in [6.07, 6.45) is 14.1. The third-order valence-corrected chi connectivity index (χ3v) is 10.0. The number of nitrogens with zero attached hydrogens (tertiary/aromatic N) is 1. The molecule has 0 saturated carbocycles. The van der Waals surface area contributed by atoms with Crippen molar-refractivity contribution in [3.63, 3.8) is 0 Å². The molecule has 0 spiro atoms. The molecular weight excluding hydrogens is 633 g/mol. The van der Waals surface area contributed by atoms with Crippen LogP contribution in [0, 0.1) is 0 Å². The van der Waals surface area contributed by atoms with Crippen molar-refractivity contribution >= 4 is 30.4 Å². The highest BCUT2D eigenvalue weighted by Crippen LogP contribution is 2.44. The lowest BCUT2D eigenvalue weighted by molar-refractivity contribution is 0.0157. The molecule has 1 heterocycles. The van der Waals surface area contributed by atoms with Gasteiger partial charge in [-0.3, -0.25) is 9.42 Å². The van der Waals surface area contributed by atoms with E-state index in [1.165, 1.54) is 63.4 Å². The summed E-state index contributed by atoms with van der Waals surface area (Å²) in [5, 5.41) is 1.96. The van der Waals surface area contributed by atoms with E-state index in [2.05, 4.69) is 24.9 Å². The van der Waals surface area contributed by atoms with Crippen molar-refractivity contribution in [2.24, 2.45) is 0 Å². The Hall–Kier alpha value is -2.68. The Kier molecular flexibility index (Phi) is 15.8. The number of ether oxygens (including phenoxy) is 3. The Morgan fingerprint density at radius 2 is 1.64 bits per heavy atom. The van der Waals surface area contributed by atoms with Gasteiger partial charge in [0.2, 0.25) is 0 Å². The van der Waals surface area contributed by atoms with Crippen LogP contribution in [0.15, 0.2) is 71.8 Å². The van der Waals surface area contributed by atoms with Gasteiger partial charge in [-0.25, -0.2) is 4.57 Å². The summed E-state index contributed by atoms with van der Waals surface area (Å²) in [5.41, 5.74) is 0.971. The quantitative estimate of drug-likeness (QED) is 0.0774. The Labute approximate surface area is 285 Å². The summed E-state index contributed by atoms with van der Waals surface area (Å²) >= 11 is 1.78. The first-order valence-corrected chi connectivity index (χ1v) is 19.5. The molecule has 1 aliphatic heterocycles. The molecule has 0 aromatic heterocycles. The number of thioether (sulfide) groups is 1. The smallest absolute Gasteiger partial charge is 0.490 e. The van der Waals surface area contributed by atoms with E-state index in [4.69, 9.17) is 23.3 Å². The zero-order chi connectivity index (χ0) is 33.3. The zero-order valence-corrected chi connectivity index (χ0v) is 29.9. The molecule has 47 heavy (non-hydrogen) atoms. The normalized spacial score (nSPS) is 15.0. The van der Waals surface area contributed by atoms with E-state index in [1.54, 1.807) is 30.0 Å². The Morgan fingerprint density at radius 1 is 0.894 bits per heavy atom. The summed E-state index contributed by atoms with van der Waals surface area (Å²) in [6.45, 7) is 5.53. The monoisotopic (exact) mass is 685 g/mol. The van der Waals surface area contributed by atoms with Gasteiger partial charge in [0.05, 0.1) is 19.1 Å². The van der Waals surface area contributed by atoms with Gasteiger partial charge in [-0.05, 0) is 47.4 Å². The number of fused-ring (bicyclic) bond motifs is 1. The van der Waals surface area contributed by atoms with Crippen LogP contribution in [0.1, 0.15) is 83.6 Å². The molecule has 0 bridgehead atoms. The van der Waals surface area contributed by atoms with Crippen molar-refractivity contribution in [3.8, 4) is 17.2 Å². The summed E-state index contributed by atoms with van der Waals surface area (Å²) in [7, 11) is -2.90. The number of phosphoric ester groups is 1. The van der Waals surface area contributed by atoms with Crippen molar-refractivity contribution in [3.05, 3.63) is 77.3 Å². The van der Waals surface area contributed by atoms with E-state index < -0.39 is 13.9 Å². The van der Waals surface area contributed by atoms with Crippen molar-refractivity contribution < 1.29 is 32.7 Å². The lowest BCUT2D eigenvalue weighted by Crippen LogP contribution is -2.26. The average molecular weight is 686 g/mol. The summed E-state index contributed by atoms with van der Waals surface area (Å²) in [5.74, 6) is 2.44. The van der Waals surface area contributed by atoms with Crippen LogP contribution in [0.3, 0.4) is 0 Å². The average Bonchev–Trinajstić information content (AvgIpc) is 3.47. The molecule has 2 atom stereocenters. The van der Waals surface area contributed by atoms with Gasteiger partial charge in [0, 0.05) is 25.2 Å². The SMILES string of the molecule is CCCCCCCCCCCCOc1ccc2ccccc2c1OCC(COP(=O)(O)Oc1cccc(CN2C=C(C)SC2)c1)OC. The van der Waals surface area contributed by atoms with Crippen molar-refractivity contribution in [1.29, 1.82) is 0 Å². The number of phosphoric acid groups is 1. The third-order valence-electron chi connectivity index (χ3n) is 8.10. The molecule has 10 heteroatoms. The molecule has 3 aromatic rings. The number of hydrogen-bond acceptors (Lipinski definition) is 8. The lowest BCUT2D eigenvalue weighted by Gasteiger charge is -2.21. The number of methoxy groups -OCH3 is 1. The number of allylic oxidation sites excluding steroid dienone is 1. The maximum Gasteiger partial charge on any atom is 0.527 e. The Balaban J connectivity index is 1.26. The van der Waals surface area contributed by atoms with Crippen LogP contribution in [0.25, 0.3) is 10.8 Å². The molecule has 1 N–H and O–H groups in total. The lowest BCUT2D eigenvalue weighted by atomic mass is 10.1. The predicted octanol–water partition coefficient (Wildman–Crippen LogP) is 10.1. The second-order valence-corrected chi connectivity index (χ2v) is 14.6. The van der Waals surface area contributed by atoms with Crippen molar-refractivity contribution in [2.75, 3.05) is 32.8 Å². The van der Waals surface area contributed by atoms with E-state index in [-0.39, 0.29) is 19.0 Å². The van der Waals surface area contributed by atoms with Gasteiger partial charge in [0.15, 0.2) is 11.5 Å². The second-order valence-electron chi connectivity index (χ2n) is 12.1. The van der Waals surface area contributed by atoms with E-state index >= 15 is 0 Å². The van der Waals surface area contributed by atoms with Gasteiger partial charge >= 0.3 is 7.82 Å². The Morgan fingerprint density at radius 3 is 2.36 bits per heavy atom. The first-order chi connectivity index (χ1) is 22.9. The fourth-order valence-electron chi connectivity index (χ4n) is 5.50. The zero-order valence-electron chi connectivity index (χ0n) is 28.2. The number of unbranched alkanes of at least 4 members (excludes halogenated alkanes) is 9. The van der Waals surface area contributed by atoms with E-state index in [0.29, 0.717) is 24.7 Å². The molecule has 0 saturated heterocycles. The minimum Gasteiger partial charge on any atom is -0.490 e. The standard InChI is InChI=1S/C37H52NO7PS/c1-4-5-6-7-8-9-10-11-12-15-23-42-36-22-21-32-18-13-14-20-35(32)37(36)43-27-34(41-3)28-44-46(39,40)45-33-19-16-17-31(24-33)26-38-25-30(2)47-29-38/h13-14,16-22,24-25,34H,4-12,15,23,26-29H2,1-3H3,(H,39,40). The molecule has 0 aliphatic carbocycles. The summed E-state index contributed by atoms with van der Waals surface area (Å²) in [6, 6.07) is 19.1. The summed E-state index contributed by atoms with van der Waals surface area (Å²) < 4.78 is 41.6. The van der Waals surface area contributed by atoms with E-state index in [9.17, 15) is 9.46 Å². The highest BCUT2D eigenvalue weighted by molar-refractivity contribution is 8.03. The third kappa shape index (κ3) is 13.0. The fourth-order valence-corrected chi connectivity index (χ4v) is 7.04. The summed E-state index contributed by atoms with van der Waals surface area (Å²) in [4.78, 5) is 13.9. The first kappa shape index (κ1) is 37.1. The van der Waals surface area contributed by atoms with Gasteiger partial charge in [-0.2, -0.15) is 0 Å². The minimum atomic E-state index is -4.42. The van der Waals surface area contributed by atoms with E-state index in [0.717, 1.165) is 35.1 Å². The van der Waals surface area contributed by atoms with Crippen LogP contribution in [-0.4, -0.2) is 48.7 Å². The molecular formula is C37H52NO7PS. The molecule has 0 fully saturated rings. The van der Waals surface area contributed by atoms with Crippen LogP contribution in [-0.2, 0) is 20.4 Å². The van der Waals surface area contributed by atoms with Gasteiger partial charge in [0.25, 0.3) is 0 Å². The fraction of sp³-hybridized carbons (Fsp3) is 0.514. The van der Waals surface area contributed by atoms with Crippen LogP contribution in [0.2, 0.25) is 0 Å². The second kappa shape index (κ2) is 20.0. The van der Waals surface area contributed by atoms with Crippen LogP contribution in [0.5, 0.6) is 17.2 Å². The molecule has 8 nitrogen and oxygen atoms in total. The topological polar surface area (TPSA) is 86.7 Å². The van der Waals surface area contributed by atoms with Crippen molar-refractivity contribution in [1.82, 2.24) is 4.90 Å². The maximum atomic E-state index is 12.9. The van der Waals surface area contributed by atoms with Crippen LogP contribution >= 0.6 is 19.6 Å². The van der Waals surface area contributed by atoms with Crippen molar-refractivity contribution in [2.45, 2.75) is 90.7 Å². The number of benzene rings is 3. The van der Waals surface area contributed by atoms with Gasteiger partial charge in [-0.15, -0.1) is 11.8 Å². The first-order valence-electron chi connectivity index (χ1n) is 17.0. The molecule has 3 aromatic carbocycles. The molecule has 258 valence electrons. The highest BCUT2D eigenvalue weighted by Gasteiger charge is 2.26. The van der Waals surface area contributed by atoms with Gasteiger partial charge in [-0.1, -0.05) is 107 Å². The predicted molar refractivity (Wildman–Crippen MR) is 192 cm³/mol. The minimum absolute atomic E-state index is 0.0926. The molecule has 0 radical (unpaired) electrons. The molecule has 4 rings (SSSR count). The largest absolute Gasteiger partial charge is 0.527 e. The van der Waals surface area contributed by atoms with Crippen LogP contribution in [0.4, 0.5) is 0 Å². The number of hydrogen-bond donors (Lipinski definition) is 1.